The van der Waals surface area contributed by atoms with Crippen molar-refractivity contribution in [2.24, 2.45) is 0 Å². The Kier molecular flexibility index (Phi) is 8.61. The molecule has 1 aromatic heterocycles. The molecule has 0 aliphatic carbocycles. The van der Waals surface area contributed by atoms with Gasteiger partial charge in [0.15, 0.2) is 5.78 Å². The van der Waals surface area contributed by atoms with Gasteiger partial charge >= 0.3 is 0 Å². The zero-order valence-corrected chi connectivity index (χ0v) is 16.6. The van der Waals surface area contributed by atoms with Gasteiger partial charge in [0.2, 0.25) is 11.8 Å². The largest absolute Gasteiger partial charge is 0.772 e. The molecule has 1 aliphatic heterocycles. The molecule has 0 spiro atoms. The van der Waals surface area contributed by atoms with Crippen LogP contribution in [0.5, 0.6) is 0 Å². The molecule has 0 radical (unpaired) electrons. The summed E-state index contributed by atoms with van der Waals surface area (Å²) in [6, 6.07) is 5.56. The maximum Gasteiger partial charge on any atom is 0.244 e. The summed E-state index contributed by atoms with van der Waals surface area (Å²) in [7, 11) is 2.96. The molecule has 2 amide bonds. The first-order valence-corrected chi connectivity index (χ1v) is 11.5. The number of ketones is 2. The van der Waals surface area contributed by atoms with Gasteiger partial charge in [-0.25, -0.2) is 4.98 Å². The average Bonchev–Trinajstić information content (AvgIpc) is 2.93. The highest BCUT2D eigenvalue weighted by Gasteiger charge is 2.40. The summed E-state index contributed by atoms with van der Waals surface area (Å²) in [5.41, 5.74) is 0. The third kappa shape index (κ3) is 6.83. The lowest BCUT2D eigenvalue weighted by atomic mass is 10.1. The van der Waals surface area contributed by atoms with E-state index in [0.717, 1.165) is 5.03 Å². The molecular formula is C16H17N2O6S3-. The van der Waals surface area contributed by atoms with E-state index in [2.05, 4.69) is 4.98 Å². The van der Waals surface area contributed by atoms with E-state index >= 15 is 0 Å². The number of likely N-dealkylation sites (tertiary alicyclic amines) is 1. The smallest absolute Gasteiger partial charge is 0.244 e. The SMILES string of the molecule is O=C(CCSSc1ccccn1)CCC(=O)CN1C(=O)CC(S(=O)[O-])C1=O. The van der Waals surface area contributed by atoms with E-state index in [9.17, 15) is 27.9 Å². The number of nitrogens with zero attached hydrogens (tertiary/aromatic N) is 2. The van der Waals surface area contributed by atoms with Crippen LogP contribution >= 0.6 is 21.6 Å². The molecule has 2 atom stereocenters. The van der Waals surface area contributed by atoms with Crippen LogP contribution in [0.25, 0.3) is 0 Å². The third-order valence-electron chi connectivity index (χ3n) is 3.70. The molecule has 1 aliphatic rings. The van der Waals surface area contributed by atoms with E-state index < -0.39 is 46.9 Å². The minimum Gasteiger partial charge on any atom is -0.772 e. The molecule has 0 bridgehead atoms. The Balaban J connectivity index is 1.65. The standard InChI is InChI=1S/C16H18N2O6S3/c19-11(6-8-25-26-14-3-1-2-7-17-14)4-5-12(20)10-18-15(21)9-13(16(18)22)27(23)24/h1-3,7,13H,4-6,8-10H2,(H,23,24)/p-1. The Labute approximate surface area is 166 Å². The van der Waals surface area contributed by atoms with Crippen molar-refractivity contribution in [2.75, 3.05) is 12.3 Å². The van der Waals surface area contributed by atoms with Crippen LogP contribution < -0.4 is 0 Å². The maximum atomic E-state index is 11.9. The van der Waals surface area contributed by atoms with Crippen LogP contribution in [-0.2, 0) is 30.3 Å². The molecule has 2 rings (SSSR count). The Morgan fingerprint density at radius 1 is 1.22 bits per heavy atom. The molecule has 11 heteroatoms. The van der Waals surface area contributed by atoms with E-state index in [1.54, 1.807) is 6.20 Å². The van der Waals surface area contributed by atoms with Crippen LogP contribution in [0.1, 0.15) is 25.7 Å². The van der Waals surface area contributed by atoms with Gasteiger partial charge in [0.05, 0.1) is 6.54 Å². The molecule has 0 saturated carbocycles. The fourth-order valence-corrected chi connectivity index (χ4v) is 4.76. The van der Waals surface area contributed by atoms with Crippen molar-refractivity contribution in [1.82, 2.24) is 9.88 Å². The minimum atomic E-state index is -2.69. The summed E-state index contributed by atoms with van der Waals surface area (Å²) in [6.07, 6.45) is 1.50. The molecule has 0 N–H and O–H groups in total. The summed E-state index contributed by atoms with van der Waals surface area (Å²) >= 11 is -2.69. The van der Waals surface area contributed by atoms with Crippen molar-refractivity contribution in [3.8, 4) is 0 Å². The van der Waals surface area contributed by atoms with Crippen molar-refractivity contribution in [1.29, 1.82) is 0 Å². The maximum absolute atomic E-state index is 11.9. The average molecular weight is 430 g/mol. The van der Waals surface area contributed by atoms with E-state index in [1.807, 2.05) is 18.2 Å². The van der Waals surface area contributed by atoms with E-state index in [4.69, 9.17) is 0 Å². The zero-order valence-electron chi connectivity index (χ0n) is 14.2. The topological polar surface area (TPSA) is 125 Å². The van der Waals surface area contributed by atoms with Crippen LogP contribution in [0.2, 0.25) is 0 Å². The number of pyridine rings is 1. The van der Waals surface area contributed by atoms with Crippen molar-refractivity contribution in [2.45, 2.75) is 36.0 Å². The monoisotopic (exact) mass is 429 g/mol. The molecule has 0 aromatic carbocycles. The van der Waals surface area contributed by atoms with Crippen LogP contribution in [-0.4, -0.2) is 59.6 Å². The highest BCUT2D eigenvalue weighted by Crippen LogP contribution is 2.29. The Morgan fingerprint density at radius 2 is 1.96 bits per heavy atom. The fraction of sp³-hybridized carbons (Fsp3) is 0.438. The molecule has 2 unspecified atom stereocenters. The molecule has 27 heavy (non-hydrogen) atoms. The van der Waals surface area contributed by atoms with Gasteiger partial charge in [-0.2, -0.15) is 0 Å². The quantitative estimate of drug-likeness (QED) is 0.220. The number of rotatable bonds is 11. The predicted octanol–water partition coefficient (Wildman–Crippen LogP) is 1.14. The molecular weight excluding hydrogens is 412 g/mol. The van der Waals surface area contributed by atoms with Crippen molar-refractivity contribution in [3.05, 3.63) is 24.4 Å². The van der Waals surface area contributed by atoms with Gasteiger partial charge < -0.3 is 4.55 Å². The van der Waals surface area contributed by atoms with Crippen LogP contribution in [0, 0.1) is 0 Å². The number of amides is 2. The normalized spacial score (nSPS) is 18.0. The van der Waals surface area contributed by atoms with Crippen molar-refractivity contribution >= 4 is 56.0 Å². The molecule has 1 fully saturated rings. The summed E-state index contributed by atoms with van der Waals surface area (Å²) in [6.45, 7) is -0.483. The fourth-order valence-electron chi connectivity index (χ4n) is 2.28. The number of hydrogen-bond donors (Lipinski definition) is 0. The van der Waals surface area contributed by atoms with Gasteiger partial charge in [0.1, 0.15) is 16.1 Å². The lowest BCUT2D eigenvalue weighted by Crippen LogP contribution is -2.37. The van der Waals surface area contributed by atoms with E-state index in [1.165, 1.54) is 21.6 Å². The number of aromatic nitrogens is 1. The number of imide groups is 1. The van der Waals surface area contributed by atoms with Crippen molar-refractivity contribution < 1.29 is 27.9 Å². The summed E-state index contributed by atoms with van der Waals surface area (Å²) < 4.78 is 21.8. The van der Waals surface area contributed by atoms with Gasteiger partial charge in [0, 0.05) is 37.6 Å². The first kappa shape index (κ1) is 21.7. The first-order chi connectivity index (χ1) is 12.9. The highest BCUT2D eigenvalue weighted by atomic mass is 33.1. The van der Waals surface area contributed by atoms with Crippen LogP contribution in [0.4, 0.5) is 0 Å². The minimum absolute atomic E-state index is 0.0286. The second-order valence-corrected chi connectivity index (χ2v) is 9.20. The number of carbonyl (C=O) groups excluding carboxylic acids is 4. The first-order valence-electron chi connectivity index (χ1n) is 8.04. The molecule has 146 valence electrons. The molecule has 1 saturated heterocycles. The summed E-state index contributed by atoms with van der Waals surface area (Å²) in [5, 5.41) is -0.567. The van der Waals surface area contributed by atoms with Gasteiger partial charge in [-0.05, 0) is 34.0 Å². The van der Waals surface area contributed by atoms with Crippen LogP contribution in [0.15, 0.2) is 29.4 Å². The Bertz CT molecular complexity index is 743. The summed E-state index contributed by atoms with van der Waals surface area (Å²) in [5.74, 6) is -1.52. The third-order valence-corrected chi connectivity index (χ3v) is 6.80. The van der Waals surface area contributed by atoms with Gasteiger partial charge in [-0.15, -0.1) is 0 Å². The van der Waals surface area contributed by atoms with Crippen LogP contribution in [0.3, 0.4) is 0 Å². The summed E-state index contributed by atoms with van der Waals surface area (Å²) in [4.78, 5) is 52.0. The van der Waals surface area contributed by atoms with Gasteiger partial charge in [-0.1, -0.05) is 16.9 Å². The lowest BCUT2D eigenvalue weighted by molar-refractivity contribution is -0.141. The number of carbonyl (C=O) groups is 4. The predicted molar refractivity (Wildman–Crippen MR) is 100 cm³/mol. The molecule has 1 aromatic rings. The van der Waals surface area contributed by atoms with Crippen molar-refractivity contribution in [3.63, 3.8) is 0 Å². The Morgan fingerprint density at radius 3 is 2.59 bits per heavy atom. The van der Waals surface area contributed by atoms with E-state index in [0.29, 0.717) is 17.1 Å². The second-order valence-electron chi connectivity index (χ2n) is 5.67. The number of hydrogen-bond acceptors (Lipinski definition) is 9. The number of Topliss-reactive ketones (excluding diaryl/α,β-unsaturated/α-hetero) is 2. The van der Waals surface area contributed by atoms with Gasteiger partial charge in [-0.3, -0.25) is 28.3 Å². The second kappa shape index (κ2) is 10.7. The lowest BCUT2D eigenvalue weighted by Gasteiger charge is -2.15. The highest BCUT2D eigenvalue weighted by molar-refractivity contribution is 8.76. The molecule has 8 nitrogen and oxygen atoms in total. The van der Waals surface area contributed by atoms with E-state index in [-0.39, 0.29) is 18.6 Å². The Hall–Kier alpha value is -1.56. The zero-order chi connectivity index (χ0) is 19.8. The molecule has 2 heterocycles. The van der Waals surface area contributed by atoms with Gasteiger partial charge in [0.25, 0.3) is 0 Å².